The van der Waals surface area contributed by atoms with Gasteiger partial charge in [0.25, 0.3) is 5.22 Å². The van der Waals surface area contributed by atoms with E-state index in [1.807, 2.05) is 13.8 Å². The Hall–Kier alpha value is -1.95. The number of aromatic nitrogens is 1. The molecule has 1 amide bonds. The van der Waals surface area contributed by atoms with Gasteiger partial charge in [-0.15, -0.1) is 0 Å². The normalized spacial score (nSPS) is 12.2. The SMILES string of the molecule is Cc1nc(SC(C)C(=O)Nc2cccc(N)c2)oc1C. The molecule has 0 fully saturated rings. The number of anilines is 2. The maximum atomic E-state index is 12.1. The average Bonchev–Trinajstić information content (AvgIpc) is 2.68. The molecule has 1 aromatic heterocycles. The molecule has 0 spiro atoms. The summed E-state index contributed by atoms with van der Waals surface area (Å²) >= 11 is 1.29. The molecule has 0 aliphatic carbocycles. The van der Waals surface area contributed by atoms with Gasteiger partial charge in [0.1, 0.15) is 5.76 Å². The molecule has 1 aromatic carbocycles. The van der Waals surface area contributed by atoms with Crippen molar-refractivity contribution in [3.8, 4) is 0 Å². The van der Waals surface area contributed by atoms with Gasteiger partial charge in [-0.1, -0.05) is 17.8 Å². The zero-order chi connectivity index (χ0) is 14.7. The van der Waals surface area contributed by atoms with E-state index in [1.165, 1.54) is 11.8 Å². The lowest BCUT2D eigenvalue weighted by atomic mass is 10.3. The van der Waals surface area contributed by atoms with Crippen LogP contribution >= 0.6 is 11.8 Å². The Labute approximate surface area is 122 Å². The van der Waals surface area contributed by atoms with E-state index in [4.69, 9.17) is 10.2 Å². The van der Waals surface area contributed by atoms with E-state index in [1.54, 1.807) is 31.2 Å². The van der Waals surface area contributed by atoms with E-state index in [9.17, 15) is 4.79 Å². The molecule has 1 unspecified atom stereocenters. The Morgan fingerprint density at radius 2 is 2.20 bits per heavy atom. The van der Waals surface area contributed by atoms with Gasteiger partial charge in [0.05, 0.1) is 10.9 Å². The smallest absolute Gasteiger partial charge is 0.256 e. The fourth-order valence-corrected chi connectivity index (χ4v) is 2.39. The number of amides is 1. The Morgan fingerprint density at radius 1 is 1.45 bits per heavy atom. The van der Waals surface area contributed by atoms with Crippen molar-refractivity contribution in [3.63, 3.8) is 0 Å². The van der Waals surface area contributed by atoms with Crippen LogP contribution in [0.4, 0.5) is 11.4 Å². The summed E-state index contributed by atoms with van der Waals surface area (Å²) in [6, 6.07) is 7.08. The molecule has 0 aliphatic rings. The molecule has 6 heteroatoms. The van der Waals surface area contributed by atoms with Crippen LogP contribution in [-0.2, 0) is 4.79 Å². The van der Waals surface area contributed by atoms with E-state index in [-0.39, 0.29) is 11.2 Å². The van der Waals surface area contributed by atoms with Gasteiger partial charge in [-0.25, -0.2) is 4.98 Å². The number of carbonyl (C=O) groups is 1. The monoisotopic (exact) mass is 291 g/mol. The van der Waals surface area contributed by atoms with Crippen molar-refractivity contribution in [1.82, 2.24) is 4.98 Å². The molecule has 1 heterocycles. The van der Waals surface area contributed by atoms with E-state index < -0.39 is 0 Å². The zero-order valence-corrected chi connectivity index (χ0v) is 12.5. The van der Waals surface area contributed by atoms with Gasteiger partial charge in [0.2, 0.25) is 5.91 Å². The number of thioether (sulfide) groups is 1. The van der Waals surface area contributed by atoms with Crippen molar-refractivity contribution in [1.29, 1.82) is 0 Å². The first-order valence-electron chi connectivity index (χ1n) is 6.23. The lowest BCUT2D eigenvalue weighted by Crippen LogP contribution is -2.22. The first kappa shape index (κ1) is 14.5. The number of rotatable bonds is 4. The maximum absolute atomic E-state index is 12.1. The summed E-state index contributed by atoms with van der Waals surface area (Å²) in [6.45, 7) is 5.53. The van der Waals surface area contributed by atoms with Gasteiger partial charge in [0.15, 0.2) is 0 Å². The van der Waals surface area contributed by atoms with Gasteiger partial charge < -0.3 is 15.5 Å². The number of oxazole rings is 1. The molecule has 0 bridgehead atoms. The topological polar surface area (TPSA) is 81.2 Å². The second-order valence-electron chi connectivity index (χ2n) is 4.50. The maximum Gasteiger partial charge on any atom is 0.256 e. The quantitative estimate of drug-likeness (QED) is 0.668. The molecule has 20 heavy (non-hydrogen) atoms. The van der Waals surface area contributed by atoms with Crippen molar-refractivity contribution in [3.05, 3.63) is 35.7 Å². The van der Waals surface area contributed by atoms with Crippen molar-refractivity contribution < 1.29 is 9.21 Å². The summed E-state index contributed by atoms with van der Waals surface area (Å²) in [4.78, 5) is 16.3. The lowest BCUT2D eigenvalue weighted by Gasteiger charge is -2.10. The Kier molecular flexibility index (Phi) is 4.34. The van der Waals surface area contributed by atoms with Crippen LogP contribution in [0.5, 0.6) is 0 Å². The predicted molar refractivity (Wildman–Crippen MR) is 80.8 cm³/mol. The number of nitrogens with two attached hydrogens (primary N) is 1. The minimum atomic E-state index is -0.311. The molecule has 5 nitrogen and oxygen atoms in total. The van der Waals surface area contributed by atoms with Crippen LogP contribution in [0.15, 0.2) is 33.9 Å². The van der Waals surface area contributed by atoms with Crippen LogP contribution < -0.4 is 11.1 Å². The van der Waals surface area contributed by atoms with Crippen LogP contribution in [0, 0.1) is 13.8 Å². The minimum absolute atomic E-state index is 0.117. The standard InChI is InChI=1S/C14H17N3O2S/c1-8-9(2)19-14(16-8)20-10(3)13(18)17-12-6-4-5-11(15)7-12/h4-7,10H,15H2,1-3H3,(H,17,18). The molecule has 1 atom stereocenters. The molecular weight excluding hydrogens is 274 g/mol. The number of hydrogen-bond donors (Lipinski definition) is 2. The van der Waals surface area contributed by atoms with Crippen LogP contribution in [0.2, 0.25) is 0 Å². The van der Waals surface area contributed by atoms with E-state index in [0.717, 1.165) is 11.5 Å². The highest BCUT2D eigenvalue weighted by Gasteiger charge is 2.18. The van der Waals surface area contributed by atoms with Crippen LogP contribution in [0.25, 0.3) is 0 Å². The fourth-order valence-electron chi connectivity index (χ4n) is 1.56. The summed E-state index contributed by atoms with van der Waals surface area (Å²) in [5, 5.41) is 3.01. The van der Waals surface area contributed by atoms with Crippen molar-refractivity contribution >= 4 is 29.0 Å². The number of nitrogens with one attached hydrogen (secondary N) is 1. The number of nitrogen functional groups attached to an aromatic ring is 1. The zero-order valence-electron chi connectivity index (χ0n) is 11.6. The third kappa shape index (κ3) is 3.54. The van der Waals surface area contributed by atoms with E-state index in [2.05, 4.69) is 10.3 Å². The second kappa shape index (κ2) is 6.00. The Balaban J connectivity index is 1.98. The highest BCUT2D eigenvalue weighted by Crippen LogP contribution is 2.25. The molecule has 0 radical (unpaired) electrons. The van der Waals surface area contributed by atoms with E-state index in [0.29, 0.717) is 16.6 Å². The molecule has 2 rings (SSSR count). The van der Waals surface area contributed by atoms with E-state index >= 15 is 0 Å². The highest BCUT2D eigenvalue weighted by molar-refractivity contribution is 8.00. The number of aryl methyl sites for hydroxylation is 2. The third-order valence-electron chi connectivity index (χ3n) is 2.81. The van der Waals surface area contributed by atoms with Crippen LogP contribution in [0.1, 0.15) is 18.4 Å². The lowest BCUT2D eigenvalue weighted by molar-refractivity contribution is -0.115. The van der Waals surface area contributed by atoms with Gasteiger partial charge in [-0.2, -0.15) is 0 Å². The number of carbonyl (C=O) groups excluding carboxylic acids is 1. The van der Waals surface area contributed by atoms with Crippen molar-refractivity contribution in [2.24, 2.45) is 0 Å². The predicted octanol–water partition coefficient (Wildman–Crippen LogP) is 2.99. The van der Waals surface area contributed by atoms with Crippen LogP contribution in [-0.4, -0.2) is 16.1 Å². The van der Waals surface area contributed by atoms with Gasteiger partial charge in [0, 0.05) is 11.4 Å². The summed E-state index contributed by atoms with van der Waals surface area (Å²) < 4.78 is 5.46. The minimum Gasteiger partial charge on any atom is -0.437 e. The number of benzene rings is 1. The van der Waals surface area contributed by atoms with Crippen molar-refractivity contribution in [2.45, 2.75) is 31.2 Å². The van der Waals surface area contributed by atoms with Gasteiger partial charge in [-0.05, 0) is 39.0 Å². The number of nitrogens with zero attached hydrogens (tertiary/aromatic N) is 1. The second-order valence-corrected chi connectivity index (χ2v) is 5.79. The molecule has 0 saturated heterocycles. The molecule has 0 aliphatic heterocycles. The number of hydrogen-bond acceptors (Lipinski definition) is 5. The third-order valence-corrected chi connectivity index (χ3v) is 3.75. The average molecular weight is 291 g/mol. The summed E-state index contributed by atoms with van der Waals surface area (Å²) in [7, 11) is 0. The molecule has 0 saturated carbocycles. The first-order chi connectivity index (χ1) is 9.45. The first-order valence-corrected chi connectivity index (χ1v) is 7.11. The summed E-state index contributed by atoms with van der Waals surface area (Å²) in [6.07, 6.45) is 0. The van der Waals surface area contributed by atoms with Gasteiger partial charge >= 0.3 is 0 Å². The largest absolute Gasteiger partial charge is 0.437 e. The highest BCUT2D eigenvalue weighted by atomic mass is 32.2. The molecule has 3 N–H and O–H groups in total. The molecule has 106 valence electrons. The Morgan fingerprint density at radius 3 is 2.80 bits per heavy atom. The molecular formula is C14H17N3O2S. The van der Waals surface area contributed by atoms with Crippen molar-refractivity contribution in [2.75, 3.05) is 11.1 Å². The van der Waals surface area contributed by atoms with Gasteiger partial charge in [-0.3, -0.25) is 4.79 Å². The molecule has 2 aromatic rings. The summed E-state index contributed by atoms with van der Waals surface area (Å²) in [5.74, 6) is 0.657. The van der Waals surface area contributed by atoms with Crippen LogP contribution in [0.3, 0.4) is 0 Å². The fraction of sp³-hybridized carbons (Fsp3) is 0.286. The Bertz CT molecular complexity index is 605. The summed E-state index contributed by atoms with van der Waals surface area (Å²) in [5.41, 5.74) is 7.81.